The molecule has 0 N–H and O–H groups in total. The van der Waals surface area contributed by atoms with Crippen molar-refractivity contribution in [2.24, 2.45) is 0 Å². The van der Waals surface area contributed by atoms with Crippen LogP contribution in [0.2, 0.25) is 0 Å². The summed E-state index contributed by atoms with van der Waals surface area (Å²) in [6.07, 6.45) is 9.93. The Kier molecular flexibility index (Phi) is 15.3. The molecule has 0 spiro atoms. The van der Waals surface area contributed by atoms with Gasteiger partial charge in [0.25, 0.3) is 0 Å². The highest BCUT2D eigenvalue weighted by Crippen LogP contribution is 2.30. The van der Waals surface area contributed by atoms with Crippen molar-refractivity contribution in [1.29, 1.82) is 0 Å². The van der Waals surface area contributed by atoms with E-state index in [1.165, 1.54) is 70.3 Å². The van der Waals surface area contributed by atoms with Crippen molar-refractivity contribution < 1.29 is 14.2 Å². The number of piperidine rings is 2. The smallest absolute Gasteiger partial charge is 0.0720 e. The fourth-order valence-electron chi connectivity index (χ4n) is 4.95. The van der Waals surface area contributed by atoms with Gasteiger partial charge < -0.3 is 24.0 Å². The van der Waals surface area contributed by atoms with Crippen molar-refractivity contribution in [3.8, 4) is 0 Å². The van der Waals surface area contributed by atoms with E-state index in [1.807, 2.05) is 32.0 Å². The Morgan fingerprint density at radius 1 is 0.649 bits per heavy atom. The maximum Gasteiger partial charge on any atom is 0.0720 e. The topological polar surface area (TPSA) is 34.2 Å². The molecule has 0 unspecified atom stereocenters. The summed E-state index contributed by atoms with van der Waals surface area (Å²) in [6.45, 7) is 22.8. The number of ether oxygens (including phenoxy) is 3. The molecule has 3 aliphatic rings. The molecule has 5 heteroatoms. The Bertz CT molecular complexity index is 647. The molecule has 1 aliphatic carbocycles. The van der Waals surface area contributed by atoms with E-state index in [9.17, 15) is 0 Å². The molecule has 1 saturated carbocycles. The summed E-state index contributed by atoms with van der Waals surface area (Å²) in [5, 5.41) is 0. The lowest BCUT2D eigenvalue weighted by atomic mass is 10.1. The second-order valence-corrected chi connectivity index (χ2v) is 12.0. The van der Waals surface area contributed by atoms with E-state index in [0.29, 0.717) is 36.6 Å². The van der Waals surface area contributed by atoms with E-state index in [4.69, 9.17) is 14.2 Å². The highest BCUT2D eigenvalue weighted by Gasteiger charge is 2.32. The highest BCUT2D eigenvalue weighted by atomic mass is 16.5. The Balaban J connectivity index is 0.000000196. The molecule has 0 bridgehead atoms. The number of rotatable bonds is 9. The highest BCUT2D eigenvalue weighted by molar-refractivity contribution is 5.13. The molecule has 3 fully saturated rings. The molecule has 0 amide bonds. The number of nitrogens with zero attached hydrogens (tertiary/aromatic N) is 2. The van der Waals surface area contributed by atoms with Crippen LogP contribution in [0.15, 0.2) is 30.3 Å². The average Bonchev–Trinajstić information content (AvgIpc) is 3.70. The van der Waals surface area contributed by atoms with Crippen molar-refractivity contribution >= 4 is 0 Å². The summed E-state index contributed by atoms with van der Waals surface area (Å²) >= 11 is 0. The van der Waals surface area contributed by atoms with Crippen LogP contribution < -0.4 is 0 Å². The first-order chi connectivity index (χ1) is 17.6. The first-order valence-electron chi connectivity index (χ1n) is 15.1. The van der Waals surface area contributed by atoms with Gasteiger partial charge in [-0.05, 0) is 99.5 Å². The molecular weight excluding hydrogens is 460 g/mol. The van der Waals surface area contributed by atoms with Crippen LogP contribution in [0.5, 0.6) is 0 Å². The molecule has 0 radical (unpaired) electrons. The second-order valence-electron chi connectivity index (χ2n) is 12.0. The summed E-state index contributed by atoms with van der Waals surface area (Å²) in [5.74, 6) is 0. The van der Waals surface area contributed by atoms with E-state index in [-0.39, 0.29) is 0 Å². The van der Waals surface area contributed by atoms with Gasteiger partial charge in [-0.2, -0.15) is 0 Å². The zero-order valence-corrected chi connectivity index (χ0v) is 25.3. The SMILES string of the molecule is CC(C)OC1CCN(C(C)C)CC1.CC(C)OC1CCN(C2CC2)CC1.CC(C)OCc1ccccc1. The van der Waals surface area contributed by atoms with Crippen molar-refractivity contribution in [1.82, 2.24) is 9.80 Å². The number of likely N-dealkylation sites (tertiary alicyclic amines) is 2. The molecular formula is C32H58N2O3. The standard InChI is InChI=1S/C11H21NO.C11H23NO.C10H14O/c1-9(2)13-11-5-7-12(8-6-11)10-3-4-10;1-9(2)12-7-5-11(6-8-12)13-10(3)4;1-9(2)11-8-10-6-4-3-5-7-10/h9-11H,3-8H2,1-2H3;9-11H,5-8H2,1-4H3;3-7,9H,8H2,1-2H3. The van der Waals surface area contributed by atoms with Crippen LogP contribution in [-0.4, -0.2) is 78.6 Å². The van der Waals surface area contributed by atoms with Crippen molar-refractivity contribution in [2.75, 3.05) is 26.2 Å². The minimum absolute atomic E-state index is 0.315. The third-order valence-electron chi connectivity index (χ3n) is 7.10. The van der Waals surface area contributed by atoms with Gasteiger partial charge in [0.05, 0.1) is 37.1 Å². The zero-order valence-electron chi connectivity index (χ0n) is 25.3. The first kappa shape index (κ1) is 32.2. The Morgan fingerprint density at radius 2 is 1.14 bits per heavy atom. The van der Waals surface area contributed by atoms with E-state index in [0.717, 1.165) is 12.6 Å². The van der Waals surface area contributed by atoms with Crippen LogP contribution in [0.4, 0.5) is 0 Å². The lowest BCUT2D eigenvalue weighted by molar-refractivity contribution is -0.0309. The van der Waals surface area contributed by atoms with Gasteiger partial charge in [0.2, 0.25) is 0 Å². The van der Waals surface area contributed by atoms with Gasteiger partial charge >= 0.3 is 0 Å². The lowest BCUT2D eigenvalue weighted by Gasteiger charge is -2.35. The molecule has 0 aromatic heterocycles. The van der Waals surface area contributed by atoms with Gasteiger partial charge in [-0.25, -0.2) is 0 Å². The van der Waals surface area contributed by atoms with Gasteiger partial charge in [0.15, 0.2) is 0 Å². The summed E-state index contributed by atoms with van der Waals surface area (Å²) in [6, 6.07) is 11.8. The first-order valence-corrected chi connectivity index (χ1v) is 15.1. The van der Waals surface area contributed by atoms with E-state index in [1.54, 1.807) is 0 Å². The quantitative estimate of drug-likeness (QED) is 0.354. The maximum atomic E-state index is 5.81. The minimum atomic E-state index is 0.315. The summed E-state index contributed by atoms with van der Waals surface area (Å²) in [5.41, 5.74) is 1.24. The van der Waals surface area contributed by atoms with Crippen LogP contribution in [0.3, 0.4) is 0 Å². The van der Waals surface area contributed by atoms with E-state index < -0.39 is 0 Å². The third kappa shape index (κ3) is 14.7. The second kappa shape index (κ2) is 17.6. The molecule has 214 valence electrons. The predicted molar refractivity (Wildman–Crippen MR) is 156 cm³/mol. The monoisotopic (exact) mass is 518 g/mol. The van der Waals surface area contributed by atoms with Crippen LogP contribution in [-0.2, 0) is 20.8 Å². The summed E-state index contributed by atoms with van der Waals surface area (Å²) in [7, 11) is 0. The lowest BCUT2D eigenvalue weighted by Crippen LogP contribution is -2.41. The van der Waals surface area contributed by atoms with E-state index >= 15 is 0 Å². The molecule has 2 saturated heterocycles. The Hall–Kier alpha value is -0.980. The normalized spacial score (nSPS) is 20.2. The van der Waals surface area contributed by atoms with Crippen LogP contribution in [0.25, 0.3) is 0 Å². The minimum Gasteiger partial charge on any atom is -0.375 e. The molecule has 5 nitrogen and oxygen atoms in total. The zero-order chi connectivity index (χ0) is 27.2. The van der Waals surface area contributed by atoms with Crippen molar-refractivity contribution in [3.05, 3.63) is 35.9 Å². The van der Waals surface area contributed by atoms with Gasteiger partial charge in [-0.1, -0.05) is 30.3 Å². The summed E-state index contributed by atoms with van der Waals surface area (Å²) in [4.78, 5) is 5.17. The molecule has 37 heavy (non-hydrogen) atoms. The largest absolute Gasteiger partial charge is 0.375 e. The van der Waals surface area contributed by atoms with Crippen LogP contribution >= 0.6 is 0 Å². The van der Waals surface area contributed by atoms with Crippen molar-refractivity contribution in [2.45, 2.75) is 143 Å². The Labute approximate surface area is 229 Å². The van der Waals surface area contributed by atoms with Crippen LogP contribution in [0.1, 0.15) is 99.5 Å². The van der Waals surface area contributed by atoms with Gasteiger partial charge in [-0.3, -0.25) is 0 Å². The maximum absolute atomic E-state index is 5.81. The molecule has 2 heterocycles. The van der Waals surface area contributed by atoms with Gasteiger partial charge in [0, 0.05) is 38.3 Å². The predicted octanol–water partition coefficient (Wildman–Crippen LogP) is 6.93. The average molecular weight is 519 g/mol. The molecule has 4 rings (SSSR count). The molecule has 1 aromatic carbocycles. The molecule has 0 atom stereocenters. The molecule has 1 aromatic rings. The summed E-state index contributed by atoms with van der Waals surface area (Å²) < 4.78 is 17.0. The number of benzene rings is 1. The van der Waals surface area contributed by atoms with E-state index in [2.05, 4.69) is 63.5 Å². The Morgan fingerprint density at radius 3 is 1.54 bits per heavy atom. The van der Waals surface area contributed by atoms with Crippen molar-refractivity contribution in [3.63, 3.8) is 0 Å². The van der Waals surface area contributed by atoms with Gasteiger partial charge in [-0.15, -0.1) is 0 Å². The van der Waals surface area contributed by atoms with Gasteiger partial charge in [0.1, 0.15) is 0 Å². The molecule has 2 aliphatic heterocycles. The van der Waals surface area contributed by atoms with Crippen LogP contribution in [0, 0.1) is 0 Å². The fourth-order valence-corrected chi connectivity index (χ4v) is 4.95. The number of hydrogen-bond donors (Lipinski definition) is 0. The third-order valence-corrected chi connectivity index (χ3v) is 7.10. The fraction of sp³-hybridized carbons (Fsp3) is 0.812. The number of hydrogen-bond acceptors (Lipinski definition) is 5.